The average molecular weight is 375 g/mol. The molecule has 0 spiro atoms. The number of benzene rings is 1. The van der Waals surface area contributed by atoms with E-state index in [1.165, 1.54) is 37.7 Å². The molecule has 2 aliphatic rings. The molecular weight excluding hydrogens is 348 g/mol. The van der Waals surface area contributed by atoms with Gasteiger partial charge in [0.2, 0.25) is 10.0 Å². The van der Waals surface area contributed by atoms with Crippen LogP contribution in [-0.2, 0) is 10.0 Å². The summed E-state index contributed by atoms with van der Waals surface area (Å²) in [6, 6.07) is 9.16. The van der Waals surface area contributed by atoms with E-state index in [4.69, 9.17) is 4.52 Å². The molecule has 5 nitrogen and oxygen atoms in total. The zero-order valence-corrected chi connectivity index (χ0v) is 16.0. The van der Waals surface area contributed by atoms with Crippen LogP contribution < -0.4 is 0 Å². The minimum absolute atomic E-state index is 0.251. The van der Waals surface area contributed by atoms with Crippen LogP contribution in [0, 0.1) is 6.92 Å². The summed E-state index contributed by atoms with van der Waals surface area (Å²) in [4.78, 5) is 0.375. The van der Waals surface area contributed by atoms with Crippen molar-refractivity contribution in [2.45, 2.75) is 68.7 Å². The lowest BCUT2D eigenvalue weighted by Crippen LogP contribution is -2.30. The van der Waals surface area contributed by atoms with Crippen LogP contribution in [0.1, 0.15) is 73.9 Å². The molecule has 1 aliphatic carbocycles. The van der Waals surface area contributed by atoms with Crippen LogP contribution in [0.15, 0.2) is 39.8 Å². The third-order valence-electron chi connectivity index (χ3n) is 5.74. The second kappa shape index (κ2) is 7.16. The van der Waals surface area contributed by atoms with Crippen molar-refractivity contribution in [3.8, 4) is 0 Å². The zero-order chi connectivity index (χ0) is 18.1. The van der Waals surface area contributed by atoms with E-state index >= 15 is 0 Å². The van der Waals surface area contributed by atoms with Gasteiger partial charge in [0, 0.05) is 12.6 Å². The summed E-state index contributed by atoms with van der Waals surface area (Å²) in [5.74, 6) is 1.22. The van der Waals surface area contributed by atoms with Crippen molar-refractivity contribution in [3.05, 3.63) is 47.3 Å². The molecule has 1 saturated carbocycles. The quantitative estimate of drug-likeness (QED) is 0.787. The SMILES string of the molecule is Cc1cc([C@H]2CCCN2S(=O)(=O)c2ccc(C3CCCCC3)cc2)on1. The molecule has 1 saturated heterocycles. The molecule has 0 unspecified atom stereocenters. The van der Waals surface area contributed by atoms with E-state index in [9.17, 15) is 8.42 Å². The van der Waals surface area contributed by atoms with Crippen LogP contribution in [0.5, 0.6) is 0 Å². The lowest BCUT2D eigenvalue weighted by molar-refractivity contribution is 0.297. The highest BCUT2D eigenvalue weighted by Crippen LogP contribution is 2.38. The van der Waals surface area contributed by atoms with E-state index in [1.807, 2.05) is 25.1 Å². The van der Waals surface area contributed by atoms with E-state index in [1.54, 1.807) is 16.4 Å². The normalized spacial score (nSPS) is 22.7. The Bertz CT molecular complexity index is 851. The van der Waals surface area contributed by atoms with E-state index in [0.29, 0.717) is 23.1 Å². The van der Waals surface area contributed by atoms with Gasteiger partial charge < -0.3 is 4.52 Å². The van der Waals surface area contributed by atoms with Crippen molar-refractivity contribution in [1.29, 1.82) is 0 Å². The number of aromatic nitrogens is 1. The number of hydrogen-bond donors (Lipinski definition) is 0. The van der Waals surface area contributed by atoms with Crippen LogP contribution in [0.25, 0.3) is 0 Å². The van der Waals surface area contributed by atoms with Gasteiger partial charge in [-0.1, -0.05) is 36.6 Å². The lowest BCUT2D eigenvalue weighted by Gasteiger charge is -2.24. The second-order valence-corrected chi connectivity index (χ2v) is 9.44. The fraction of sp³-hybridized carbons (Fsp3) is 0.550. The fourth-order valence-electron chi connectivity index (χ4n) is 4.34. The summed E-state index contributed by atoms with van der Waals surface area (Å²) >= 11 is 0. The third kappa shape index (κ3) is 3.32. The van der Waals surface area contributed by atoms with E-state index in [0.717, 1.165) is 18.5 Å². The lowest BCUT2D eigenvalue weighted by atomic mass is 9.84. The largest absolute Gasteiger partial charge is 0.359 e. The van der Waals surface area contributed by atoms with Gasteiger partial charge in [-0.05, 0) is 56.2 Å². The number of sulfonamides is 1. The maximum absolute atomic E-state index is 13.2. The van der Waals surface area contributed by atoms with Gasteiger partial charge in [-0.25, -0.2) is 8.42 Å². The maximum Gasteiger partial charge on any atom is 0.243 e. The molecule has 2 aromatic rings. The first-order valence-electron chi connectivity index (χ1n) is 9.61. The Balaban J connectivity index is 1.57. The van der Waals surface area contributed by atoms with Crippen molar-refractivity contribution < 1.29 is 12.9 Å². The summed E-state index contributed by atoms with van der Waals surface area (Å²) in [5, 5.41) is 3.92. The average Bonchev–Trinajstić information content (AvgIpc) is 3.31. The zero-order valence-electron chi connectivity index (χ0n) is 15.2. The van der Waals surface area contributed by atoms with Crippen molar-refractivity contribution in [2.75, 3.05) is 6.54 Å². The summed E-state index contributed by atoms with van der Waals surface area (Å²) in [7, 11) is -3.53. The van der Waals surface area contributed by atoms with Crippen LogP contribution in [0.4, 0.5) is 0 Å². The van der Waals surface area contributed by atoms with Gasteiger partial charge in [0.1, 0.15) is 0 Å². The molecule has 1 atom stereocenters. The first-order valence-corrected chi connectivity index (χ1v) is 11.0. The van der Waals surface area contributed by atoms with Crippen molar-refractivity contribution >= 4 is 10.0 Å². The summed E-state index contributed by atoms with van der Waals surface area (Å²) in [5.41, 5.74) is 2.05. The highest BCUT2D eigenvalue weighted by molar-refractivity contribution is 7.89. The first kappa shape index (κ1) is 17.7. The highest BCUT2D eigenvalue weighted by atomic mass is 32.2. The Morgan fingerprint density at radius 2 is 1.77 bits per heavy atom. The minimum atomic E-state index is -3.53. The predicted molar refractivity (Wildman–Crippen MR) is 99.4 cm³/mol. The summed E-state index contributed by atoms with van der Waals surface area (Å²) < 4.78 is 33.3. The molecule has 6 heteroatoms. The van der Waals surface area contributed by atoms with Gasteiger partial charge in [0.05, 0.1) is 16.6 Å². The monoisotopic (exact) mass is 374 g/mol. The van der Waals surface area contributed by atoms with Gasteiger partial charge in [-0.15, -0.1) is 0 Å². The fourth-order valence-corrected chi connectivity index (χ4v) is 6.00. The van der Waals surface area contributed by atoms with E-state index < -0.39 is 10.0 Å². The Labute approximate surface area is 155 Å². The van der Waals surface area contributed by atoms with Crippen LogP contribution in [0.2, 0.25) is 0 Å². The maximum atomic E-state index is 13.2. The standard InChI is InChI=1S/C20H26N2O3S/c1-15-14-20(25-21-15)19-8-5-13-22(19)26(23,24)18-11-9-17(10-12-18)16-6-3-2-4-7-16/h9-12,14,16,19H,2-8,13H2,1H3/t19-/m1/s1. The number of rotatable bonds is 4. The molecule has 2 heterocycles. The molecule has 1 aliphatic heterocycles. The van der Waals surface area contributed by atoms with E-state index in [-0.39, 0.29) is 6.04 Å². The Kier molecular flexibility index (Phi) is 4.88. The Hall–Kier alpha value is -1.66. The molecule has 0 N–H and O–H groups in total. The van der Waals surface area contributed by atoms with Crippen LogP contribution in [0.3, 0.4) is 0 Å². The minimum Gasteiger partial charge on any atom is -0.359 e. The van der Waals surface area contributed by atoms with Gasteiger partial charge in [-0.2, -0.15) is 4.31 Å². The van der Waals surface area contributed by atoms with Gasteiger partial charge in [-0.3, -0.25) is 0 Å². The first-order chi connectivity index (χ1) is 12.6. The Morgan fingerprint density at radius 1 is 1.04 bits per heavy atom. The van der Waals surface area contributed by atoms with Crippen molar-refractivity contribution in [1.82, 2.24) is 9.46 Å². The molecule has 140 valence electrons. The Morgan fingerprint density at radius 3 is 2.42 bits per heavy atom. The van der Waals surface area contributed by atoms with Gasteiger partial charge in [0.25, 0.3) is 0 Å². The number of nitrogens with zero attached hydrogens (tertiary/aromatic N) is 2. The van der Waals surface area contributed by atoms with Crippen LogP contribution >= 0.6 is 0 Å². The summed E-state index contributed by atoms with van der Waals surface area (Å²) in [6.45, 7) is 2.38. The molecule has 1 aromatic carbocycles. The molecule has 0 radical (unpaired) electrons. The summed E-state index contributed by atoms with van der Waals surface area (Å²) in [6.07, 6.45) is 7.90. The smallest absolute Gasteiger partial charge is 0.243 e. The molecule has 4 rings (SSSR count). The van der Waals surface area contributed by atoms with Crippen molar-refractivity contribution in [2.24, 2.45) is 0 Å². The molecule has 2 fully saturated rings. The molecule has 0 amide bonds. The van der Waals surface area contributed by atoms with E-state index in [2.05, 4.69) is 5.16 Å². The van der Waals surface area contributed by atoms with Crippen molar-refractivity contribution in [3.63, 3.8) is 0 Å². The van der Waals surface area contributed by atoms with Gasteiger partial charge >= 0.3 is 0 Å². The van der Waals surface area contributed by atoms with Crippen LogP contribution in [-0.4, -0.2) is 24.4 Å². The van der Waals surface area contributed by atoms with Gasteiger partial charge in [0.15, 0.2) is 5.76 Å². The second-order valence-electron chi connectivity index (χ2n) is 7.55. The highest BCUT2D eigenvalue weighted by Gasteiger charge is 2.38. The molecule has 0 bridgehead atoms. The predicted octanol–water partition coefficient (Wildman–Crippen LogP) is 4.56. The molecule has 1 aromatic heterocycles. The number of aryl methyl sites for hydroxylation is 1. The third-order valence-corrected chi connectivity index (χ3v) is 7.66. The molecular formula is C20H26N2O3S. The molecule has 26 heavy (non-hydrogen) atoms. The number of hydrogen-bond acceptors (Lipinski definition) is 4. The topological polar surface area (TPSA) is 63.4 Å².